The van der Waals surface area contributed by atoms with Gasteiger partial charge in [0.25, 0.3) is 0 Å². The topological polar surface area (TPSA) is 55.0 Å². The fourth-order valence-corrected chi connectivity index (χ4v) is 2.88. The largest absolute Gasteiger partial charge is 0.352 e. The molecule has 1 aromatic carbocycles. The van der Waals surface area contributed by atoms with Crippen molar-refractivity contribution in [3.8, 4) is 0 Å². The van der Waals surface area contributed by atoms with Crippen LogP contribution in [0, 0.1) is 0 Å². The van der Waals surface area contributed by atoms with E-state index in [1.54, 1.807) is 0 Å². The minimum Gasteiger partial charge on any atom is -0.352 e. The molecule has 19 heavy (non-hydrogen) atoms. The number of benzene rings is 1. The molecule has 4 heteroatoms. The molecule has 0 saturated carbocycles. The summed E-state index contributed by atoms with van der Waals surface area (Å²) in [5.41, 5.74) is 7.65. The van der Waals surface area contributed by atoms with Crippen LogP contribution in [-0.4, -0.2) is 29.1 Å². The molecule has 0 amide bonds. The molecule has 1 aromatic heterocycles. The molecule has 1 saturated heterocycles. The van der Waals surface area contributed by atoms with Crippen LogP contribution in [0.4, 0.5) is 5.82 Å². The van der Waals surface area contributed by atoms with Crippen molar-refractivity contribution >= 4 is 16.9 Å². The molecule has 1 aliphatic heterocycles. The standard InChI is InChI=1S/C15H20N4/c16-9-8-12-5-3-4-10-19(12)15-11-17-13-6-1-2-7-14(13)18-15/h1-2,6-7,11-12H,3-5,8-10,16H2. The number of fused-ring (bicyclic) bond motifs is 1. The maximum Gasteiger partial charge on any atom is 0.148 e. The van der Waals surface area contributed by atoms with Crippen molar-refractivity contribution in [3.05, 3.63) is 30.5 Å². The second-order valence-corrected chi connectivity index (χ2v) is 5.14. The minimum absolute atomic E-state index is 0.522. The zero-order chi connectivity index (χ0) is 13.1. The van der Waals surface area contributed by atoms with Crippen molar-refractivity contribution in [3.63, 3.8) is 0 Å². The first-order chi connectivity index (χ1) is 9.38. The van der Waals surface area contributed by atoms with E-state index in [-0.39, 0.29) is 0 Å². The zero-order valence-corrected chi connectivity index (χ0v) is 11.1. The van der Waals surface area contributed by atoms with Gasteiger partial charge in [-0.05, 0) is 44.4 Å². The molecule has 100 valence electrons. The third-order valence-electron chi connectivity index (χ3n) is 3.86. The fourth-order valence-electron chi connectivity index (χ4n) is 2.88. The molecule has 0 spiro atoms. The van der Waals surface area contributed by atoms with Crippen LogP contribution in [0.3, 0.4) is 0 Å². The van der Waals surface area contributed by atoms with Gasteiger partial charge in [0.1, 0.15) is 5.82 Å². The highest BCUT2D eigenvalue weighted by atomic mass is 15.2. The van der Waals surface area contributed by atoms with Crippen molar-refractivity contribution in [1.82, 2.24) is 9.97 Å². The first-order valence-corrected chi connectivity index (χ1v) is 7.07. The van der Waals surface area contributed by atoms with E-state index in [0.29, 0.717) is 6.04 Å². The molecule has 4 nitrogen and oxygen atoms in total. The van der Waals surface area contributed by atoms with E-state index < -0.39 is 0 Å². The van der Waals surface area contributed by atoms with Crippen LogP contribution in [0.5, 0.6) is 0 Å². The molecular weight excluding hydrogens is 236 g/mol. The van der Waals surface area contributed by atoms with Gasteiger partial charge in [-0.25, -0.2) is 4.98 Å². The van der Waals surface area contributed by atoms with Crippen molar-refractivity contribution in [2.24, 2.45) is 5.73 Å². The number of nitrogens with two attached hydrogens (primary N) is 1. The highest BCUT2D eigenvalue weighted by Crippen LogP contribution is 2.25. The number of hydrogen-bond donors (Lipinski definition) is 1. The zero-order valence-electron chi connectivity index (χ0n) is 11.1. The van der Waals surface area contributed by atoms with Crippen molar-refractivity contribution in [2.75, 3.05) is 18.0 Å². The average Bonchev–Trinajstić information content (AvgIpc) is 2.48. The molecule has 1 aliphatic rings. The lowest BCUT2D eigenvalue weighted by molar-refractivity contribution is 0.439. The number of aromatic nitrogens is 2. The Morgan fingerprint density at radius 1 is 1.21 bits per heavy atom. The van der Waals surface area contributed by atoms with Crippen molar-refractivity contribution < 1.29 is 0 Å². The van der Waals surface area contributed by atoms with Crippen LogP contribution in [0.15, 0.2) is 30.5 Å². The predicted octanol–water partition coefficient (Wildman–Crippen LogP) is 2.34. The SMILES string of the molecule is NCCC1CCCCN1c1cnc2ccccc2n1. The lowest BCUT2D eigenvalue weighted by Gasteiger charge is -2.36. The minimum atomic E-state index is 0.522. The Morgan fingerprint density at radius 2 is 2.05 bits per heavy atom. The van der Waals surface area contributed by atoms with Gasteiger partial charge in [0.15, 0.2) is 0 Å². The maximum atomic E-state index is 5.73. The molecule has 1 fully saturated rings. The van der Waals surface area contributed by atoms with Crippen LogP contribution in [0.2, 0.25) is 0 Å². The Hall–Kier alpha value is -1.68. The van der Waals surface area contributed by atoms with Crippen molar-refractivity contribution in [1.29, 1.82) is 0 Å². The van der Waals surface area contributed by atoms with Gasteiger partial charge in [-0.2, -0.15) is 0 Å². The third-order valence-corrected chi connectivity index (χ3v) is 3.86. The Morgan fingerprint density at radius 3 is 2.89 bits per heavy atom. The van der Waals surface area contributed by atoms with Crippen LogP contribution in [0.25, 0.3) is 11.0 Å². The van der Waals surface area contributed by atoms with Gasteiger partial charge in [0.05, 0.1) is 17.2 Å². The summed E-state index contributed by atoms with van der Waals surface area (Å²) >= 11 is 0. The molecule has 2 heterocycles. The second kappa shape index (κ2) is 5.53. The molecule has 0 bridgehead atoms. The monoisotopic (exact) mass is 256 g/mol. The van der Waals surface area contributed by atoms with Gasteiger partial charge < -0.3 is 10.6 Å². The predicted molar refractivity (Wildman–Crippen MR) is 78.2 cm³/mol. The quantitative estimate of drug-likeness (QED) is 0.915. The third kappa shape index (κ3) is 2.54. The van der Waals surface area contributed by atoms with Gasteiger partial charge in [-0.3, -0.25) is 4.98 Å². The first kappa shape index (κ1) is 12.4. The van der Waals surface area contributed by atoms with Gasteiger partial charge in [-0.15, -0.1) is 0 Å². The first-order valence-electron chi connectivity index (χ1n) is 7.07. The summed E-state index contributed by atoms with van der Waals surface area (Å²) in [5.74, 6) is 0.997. The lowest BCUT2D eigenvalue weighted by Crippen LogP contribution is -2.41. The number of nitrogens with zero attached hydrogens (tertiary/aromatic N) is 3. The summed E-state index contributed by atoms with van der Waals surface area (Å²) in [5, 5.41) is 0. The smallest absolute Gasteiger partial charge is 0.148 e. The van der Waals surface area contributed by atoms with Crippen LogP contribution in [0.1, 0.15) is 25.7 Å². The maximum absolute atomic E-state index is 5.73. The van der Waals surface area contributed by atoms with Gasteiger partial charge in [0, 0.05) is 12.6 Å². The molecule has 0 aliphatic carbocycles. The summed E-state index contributed by atoms with van der Waals surface area (Å²) in [6.45, 7) is 1.81. The highest BCUT2D eigenvalue weighted by Gasteiger charge is 2.23. The Kier molecular flexibility index (Phi) is 3.60. The summed E-state index contributed by atoms with van der Waals surface area (Å²) in [4.78, 5) is 11.7. The van der Waals surface area contributed by atoms with E-state index >= 15 is 0 Å². The van der Waals surface area contributed by atoms with E-state index in [1.165, 1.54) is 19.3 Å². The molecule has 3 rings (SSSR count). The average molecular weight is 256 g/mol. The molecule has 1 unspecified atom stereocenters. The van der Waals surface area contributed by atoms with E-state index in [1.807, 2.05) is 30.5 Å². The van der Waals surface area contributed by atoms with E-state index in [2.05, 4.69) is 9.88 Å². The van der Waals surface area contributed by atoms with Crippen LogP contribution >= 0.6 is 0 Å². The van der Waals surface area contributed by atoms with E-state index in [9.17, 15) is 0 Å². The second-order valence-electron chi connectivity index (χ2n) is 5.14. The Bertz CT molecular complexity index is 553. The van der Waals surface area contributed by atoms with Gasteiger partial charge >= 0.3 is 0 Å². The van der Waals surface area contributed by atoms with Crippen LogP contribution < -0.4 is 10.6 Å². The van der Waals surface area contributed by atoms with E-state index in [0.717, 1.165) is 36.4 Å². The summed E-state index contributed by atoms with van der Waals surface area (Å²) in [6, 6.07) is 8.55. The molecule has 0 radical (unpaired) electrons. The summed E-state index contributed by atoms with van der Waals surface area (Å²) in [6.07, 6.45) is 6.68. The number of para-hydroxylation sites is 2. The van der Waals surface area contributed by atoms with E-state index in [4.69, 9.17) is 10.7 Å². The number of rotatable bonds is 3. The normalized spacial score (nSPS) is 19.8. The van der Waals surface area contributed by atoms with Gasteiger partial charge in [0.2, 0.25) is 0 Å². The summed E-state index contributed by atoms with van der Waals surface area (Å²) in [7, 11) is 0. The lowest BCUT2D eigenvalue weighted by atomic mass is 9.99. The van der Waals surface area contributed by atoms with Crippen LogP contribution in [-0.2, 0) is 0 Å². The summed E-state index contributed by atoms with van der Waals surface area (Å²) < 4.78 is 0. The molecule has 2 aromatic rings. The Balaban J connectivity index is 1.92. The molecule has 2 N–H and O–H groups in total. The number of piperidine rings is 1. The van der Waals surface area contributed by atoms with Crippen molar-refractivity contribution in [2.45, 2.75) is 31.7 Å². The molecule has 1 atom stereocenters. The number of hydrogen-bond acceptors (Lipinski definition) is 4. The Labute approximate surface area is 113 Å². The number of anilines is 1. The highest BCUT2D eigenvalue weighted by molar-refractivity contribution is 5.75. The molecular formula is C15H20N4. The van der Waals surface area contributed by atoms with Gasteiger partial charge in [-0.1, -0.05) is 12.1 Å². The fraction of sp³-hybridized carbons (Fsp3) is 0.467.